The van der Waals surface area contributed by atoms with Crippen molar-refractivity contribution in [3.05, 3.63) is 46.5 Å². The number of hydrogen-bond donors (Lipinski definition) is 1. The molecule has 2 heterocycles. The molecule has 0 saturated carbocycles. The van der Waals surface area contributed by atoms with E-state index in [1.807, 2.05) is 0 Å². The number of carbonyl (C=O) groups excluding carboxylic acids is 2. The molecule has 2 aromatic rings. The van der Waals surface area contributed by atoms with Crippen molar-refractivity contribution in [1.29, 1.82) is 0 Å². The second kappa shape index (κ2) is 6.48. The number of non-ortho nitro benzene ring substituents is 1. The number of hydrogen-bond acceptors (Lipinski definition) is 8. The summed E-state index contributed by atoms with van der Waals surface area (Å²) < 4.78 is 15.5. The SMILES string of the molecule is O=C(CN1CC(=O)Oc2cc([N+](=O)[O-])ccc21)Nc1ccc2c(c1)OCO2. The van der Waals surface area contributed by atoms with Crippen molar-refractivity contribution in [2.75, 3.05) is 30.1 Å². The van der Waals surface area contributed by atoms with Gasteiger partial charge in [0.1, 0.15) is 6.54 Å². The number of nitrogens with zero attached hydrogens (tertiary/aromatic N) is 2. The molecular weight excluding hydrogens is 358 g/mol. The highest BCUT2D eigenvalue weighted by Crippen LogP contribution is 2.36. The van der Waals surface area contributed by atoms with E-state index < -0.39 is 10.9 Å². The summed E-state index contributed by atoms with van der Waals surface area (Å²) in [6.07, 6.45) is 0. The minimum atomic E-state index is -0.598. The fraction of sp³-hybridized carbons (Fsp3) is 0.176. The topological polar surface area (TPSA) is 120 Å². The monoisotopic (exact) mass is 371 g/mol. The molecule has 1 N–H and O–H groups in total. The van der Waals surface area contributed by atoms with Crippen LogP contribution in [-0.4, -0.2) is 36.7 Å². The summed E-state index contributed by atoms with van der Waals surface area (Å²) in [7, 11) is 0. The Morgan fingerprint density at radius 1 is 1.15 bits per heavy atom. The summed E-state index contributed by atoms with van der Waals surface area (Å²) >= 11 is 0. The van der Waals surface area contributed by atoms with Gasteiger partial charge in [-0.05, 0) is 18.2 Å². The van der Waals surface area contributed by atoms with Gasteiger partial charge in [0.15, 0.2) is 17.2 Å². The molecule has 1 amide bonds. The second-order valence-electron chi connectivity index (χ2n) is 5.86. The van der Waals surface area contributed by atoms with Crippen molar-refractivity contribution < 1.29 is 28.7 Å². The molecule has 27 heavy (non-hydrogen) atoms. The van der Waals surface area contributed by atoms with Crippen LogP contribution in [0.25, 0.3) is 0 Å². The molecule has 4 rings (SSSR count). The smallest absolute Gasteiger partial charge is 0.331 e. The van der Waals surface area contributed by atoms with Crippen LogP contribution in [0.2, 0.25) is 0 Å². The molecule has 0 spiro atoms. The van der Waals surface area contributed by atoms with Crippen molar-refractivity contribution in [1.82, 2.24) is 0 Å². The van der Waals surface area contributed by atoms with Crippen LogP contribution in [0.5, 0.6) is 17.2 Å². The van der Waals surface area contributed by atoms with Gasteiger partial charge in [0.2, 0.25) is 12.7 Å². The van der Waals surface area contributed by atoms with Crippen molar-refractivity contribution in [3.63, 3.8) is 0 Å². The van der Waals surface area contributed by atoms with Crippen LogP contribution in [-0.2, 0) is 9.59 Å². The van der Waals surface area contributed by atoms with Gasteiger partial charge in [-0.15, -0.1) is 0 Å². The van der Waals surface area contributed by atoms with Gasteiger partial charge >= 0.3 is 5.97 Å². The highest BCUT2D eigenvalue weighted by molar-refractivity contribution is 5.96. The van der Waals surface area contributed by atoms with E-state index >= 15 is 0 Å². The molecule has 0 radical (unpaired) electrons. The Hall–Kier alpha value is -3.82. The number of fused-ring (bicyclic) bond motifs is 2. The molecule has 2 aliphatic heterocycles. The maximum Gasteiger partial charge on any atom is 0.331 e. The molecule has 0 aromatic heterocycles. The van der Waals surface area contributed by atoms with E-state index in [2.05, 4.69) is 5.32 Å². The zero-order valence-electron chi connectivity index (χ0n) is 13.8. The first-order valence-corrected chi connectivity index (χ1v) is 7.93. The molecule has 2 aromatic carbocycles. The quantitative estimate of drug-likeness (QED) is 0.373. The lowest BCUT2D eigenvalue weighted by molar-refractivity contribution is -0.384. The van der Waals surface area contributed by atoms with Crippen LogP contribution >= 0.6 is 0 Å². The maximum absolute atomic E-state index is 12.4. The summed E-state index contributed by atoms with van der Waals surface area (Å²) in [5.74, 6) is 0.220. The summed E-state index contributed by atoms with van der Waals surface area (Å²) in [6.45, 7) is -0.140. The predicted molar refractivity (Wildman–Crippen MR) is 92.1 cm³/mol. The summed E-state index contributed by atoms with van der Waals surface area (Å²) in [6, 6.07) is 8.91. The molecule has 0 unspecified atom stereocenters. The molecule has 0 bridgehead atoms. The highest BCUT2D eigenvalue weighted by Gasteiger charge is 2.27. The van der Waals surface area contributed by atoms with E-state index in [1.165, 1.54) is 17.0 Å². The predicted octanol–water partition coefficient (Wildman–Crippen LogP) is 1.69. The third kappa shape index (κ3) is 3.32. The van der Waals surface area contributed by atoms with E-state index in [0.717, 1.165) is 6.07 Å². The van der Waals surface area contributed by atoms with Crippen molar-refractivity contribution in [2.45, 2.75) is 0 Å². The number of nitrogens with one attached hydrogen (secondary N) is 1. The Balaban J connectivity index is 1.50. The van der Waals surface area contributed by atoms with Gasteiger partial charge in [-0.25, -0.2) is 4.79 Å². The molecule has 0 fully saturated rings. The zero-order valence-corrected chi connectivity index (χ0v) is 13.8. The lowest BCUT2D eigenvalue weighted by Crippen LogP contribution is -2.41. The van der Waals surface area contributed by atoms with E-state index in [1.54, 1.807) is 18.2 Å². The Morgan fingerprint density at radius 2 is 1.96 bits per heavy atom. The van der Waals surface area contributed by atoms with Crippen LogP contribution in [0.3, 0.4) is 0 Å². The van der Waals surface area contributed by atoms with Gasteiger partial charge in [-0.3, -0.25) is 14.9 Å². The summed E-state index contributed by atoms with van der Waals surface area (Å²) in [4.78, 5) is 36.0. The standard InChI is InChI=1S/C17H13N3O7/c21-16(18-10-1-4-13-15(5-10)26-9-25-13)7-19-8-17(22)27-14-6-11(20(23)24)2-3-12(14)19/h1-6H,7-9H2,(H,18,21). The largest absolute Gasteiger partial charge is 0.454 e. The van der Waals surface area contributed by atoms with Crippen molar-refractivity contribution in [2.24, 2.45) is 0 Å². The fourth-order valence-corrected chi connectivity index (χ4v) is 2.84. The van der Waals surface area contributed by atoms with Gasteiger partial charge in [0, 0.05) is 17.8 Å². The van der Waals surface area contributed by atoms with E-state index in [4.69, 9.17) is 14.2 Å². The molecule has 0 aliphatic carbocycles. The summed E-state index contributed by atoms with van der Waals surface area (Å²) in [5.41, 5.74) is 0.752. The number of benzene rings is 2. The first kappa shape index (κ1) is 16.6. The minimum absolute atomic E-state index is 0.0522. The number of amides is 1. The Morgan fingerprint density at radius 3 is 2.78 bits per heavy atom. The van der Waals surface area contributed by atoms with Crippen LogP contribution in [0.1, 0.15) is 0 Å². The Kier molecular flexibility index (Phi) is 3.99. The fourth-order valence-electron chi connectivity index (χ4n) is 2.84. The molecule has 138 valence electrons. The van der Waals surface area contributed by atoms with Gasteiger partial charge in [0.25, 0.3) is 5.69 Å². The average Bonchev–Trinajstić information content (AvgIpc) is 3.08. The molecule has 0 atom stereocenters. The minimum Gasteiger partial charge on any atom is -0.454 e. The molecular formula is C17H13N3O7. The number of nitro groups is 1. The van der Waals surface area contributed by atoms with Crippen LogP contribution in [0, 0.1) is 10.1 Å². The second-order valence-corrected chi connectivity index (χ2v) is 5.86. The van der Waals surface area contributed by atoms with Gasteiger partial charge in [-0.1, -0.05) is 0 Å². The molecule has 10 heteroatoms. The van der Waals surface area contributed by atoms with Gasteiger partial charge in [0.05, 0.1) is 23.2 Å². The van der Waals surface area contributed by atoms with Crippen LogP contribution < -0.4 is 24.4 Å². The average molecular weight is 371 g/mol. The lowest BCUT2D eigenvalue weighted by atomic mass is 10.2. The summed E-state index contributed by atoms with van der Waals surface area (Å²) in [5, 5.41) is 13.6. The van der Waals surface area contributed by atoms with Crippen LogP contribution in [0.15, 0.2) is 36.4 Å². The van der Waals surface area contributed by atoms with Gasteiger partial charge < -0.3 is 24.4 Å². The normalized spacial score (nSPS) is 14.4. The van der Waals surface area contributed by atoms with Gasteiger partial charge in [-0.2, -0.15) is 0 Å². The van der Waals surface area contributed by atoms with Crippen molar-refractivity contribution >= 4 is 28.9 Å². The lowest BCUT2D eigenvalue weighted by Gasteiger charge is -2.28. The first-order valence-electron chi connectivity index (χ1n) is 7.93. The number of ether oxygens (including phenoxy) is 3. The molecule has 0 saturated heterocycles. The molecule has 10 nitrogen and oxygen atoms in total. The number of nitro benzene ring substituents is 1. The third-order valence-electron chi connectivity index (χ3n) is 4.03. The number of esters is 1. The van der Waals surface area contributed by atoms with Crippen molar-refractivity contribution in [3.8, 4) is 17.2 Å². The third-order valence-corrected chi connectivity index (χ3v) is 4.03. The van der Waals surface area contributed by atoms with E-state index in [-0.39, 0.29) is 37.2 Å². The highest BCUT2D eigenvalue weighted by atomic mass is 16.7. The zero-order chi connectivity index (χ0) is 19.0. The van der Waals surface area contributed by atoms with E-state index in [9.17, 15) is 19.7 Å². The maximum atomic E-state index is 12.4. The Labute approximate surface area is 152 Å². The molecule has 2 aliphatic rings. The van der Waals surface area contributed by atoms with E-state index in [0.29, 0.717) is 22.9 Å². The first-order chi connectivity index (χ1) is 13.0. The Bertz CT molecular complexity index is 960. The number of rotatable bonds is 4. The number of anilines is 2. The van der Waals surface area contributed by atoms with Crippen LogP contribution in [0.4, 0.5) is 17.1 Å². The number of carbonyl (C=O) groups is 2.